The van der Waals surface area contributed by atoms with Gasteiger partial charge in [-0.25, -0.2) is 0 Å². The molecule has 0 radical (unpaired) electrons. The van der Waals surface area contributed by atoms with E-state index in [1.165, 1.54) is 38.5 Å². The van der Waals surface area contributed by atoms with Gasteiger partial charge in [0.2, 0.25) is 5.91 Å². The van der Waals surface area contributed by atoms with Crippen molar-refractivity contribution in [2.45, 2.75) is 85.4 Å². The standard InChI is InChI=1S/C24H40BrNO3/c1-5-7-9-11-16-28-23(29-17-12-10-8-6-2)19-26(22(27)18-25)24-20(3)14-13-15-21(24)4/h13-15,23H,5-12,16-19H2,1-4H3. The largest absolute Gasteiger partial charge is 0.351 e. The number of para-hydroxylation sites is 1. The van der Waals surface area contributed by atoms with Crippen molar-refractivity contribution in [3.8, 4) is 0 Å². The molecule has 0 fully saturated rings. The first kappa shape index (κ1) is 26.1. The molecule has 0 aliphatic heterocycles. The fourth-order valence-corrected chi connectivity index (χ4v) is 3.71. The highest BCUT2D eigenvalue weighted by molar-refractivity contribution is 9.09. The zero-order chi connectivity index (χ0) is 21.5. The Balaban J connectivity index is 2.83. The molecule has 0 N–H and O–H groups in total. The highest BCUT2D eigenvalue weighted by Gasteiger charge is 2.23. The number of rotatable bonds is 16. The molecule has 0 aliphatic carbocycles. The molecule has 1 aromatic carbocycles. The fourth-order valence-electron chi connectivity index (χ4n) is 3.41. The van der Waals surface area contributed by atoms with E-state index in [4.69, 9.17) is 9.47 Å². The number of alkyl halides is 1. The van der Waals surface area contributed by atoms with Gasteiger partial charge in [0.05, 0.1) is 11.9 Å². The van der Waals surface area contributed by atoms with E-state index in [1.54, 1.807) is 0 Å². The Labute approximate surface area is 186 Å². The normalized spacial score (nSPS) is 11.2. The van der Waals surface area contributed by atoms with E-state index in [0.717, 1.165) is 29.7 Å². The van der Waals surface area contributed by atoms with Crippen LogP contribution in [-0.4, -0.2) is 37.3 Å². The maximum atomic E-state index is 12.8. The van der Waals surface area contributed by atoms with Gasteiger partial charge in [0.25, 0.3) is 0 Å². The zero-order valence-corrected chi connectivity index (χ0v) is 20.4. The van der Waals surface area contributed by atoms with Gasteiger partial charge < -0.3 is 14.4 Å². The van der Waals surface area contributed by atoms with Crippen molar-refractivity contribution in [2.24, 2.45) is 0 Å². The van der Waals surface area contributed by atoms with Crippen molar-refractivity contribution in [3.05, 3.63) is 29.3 Å². The molecule has 0 aromatic heterocycles. The van der Waals surface area contributed by atoms with Crippen molar-refractivity contribution in [1.82, 2.24) is 0 Å². The molecule has 0 spiro atoms. The van der Waals surface area contributed by atoms with E-state index in [9.17, 15) is 4.79 Å². The summed E-state index contributed by atoms with van der Waals surface area (Å²) in [7, 11) is 0. The molecule has 0 aliphatic rings. The molecule has 0 bridgehead atoms. The lowest BCUT2D eigenvalue weighted by atomic mass is 10.1. The van der Waals surface area contributed by atoms with Crippen molar-refractivity contribution in [2.75, 3.05) is 30.0 Å². The lowest BCUT2D eigenvalue weighted by Gasteiger charge is -2.30. The maximum absolute atomic E-state index is 12.8. The first-order chi connectivity index (χ1) is 14.0. The number of unbranched alkanes of at least 4 members (excludes halogenated alkanes) is 6. The van der Waals surface area contributed by atoms with Crippen LogP contribution in [0, 0.1) is 13.8 Å². The Hall–Kier alpha value is -0.910. The molecule has 5 heteroatoms. The minimum atomic E-state index is -0.403. The molecule has 1 amide bonds. The Morgan fingerprint density at radius 3 is 1.90 bits per heavy atom. The maximum Gasteiger partial charge on any atom is 0.237 e. The summed E-state index contributed by atoms with van der Waals surface area (Å²) in [5, 5.41) is 0.278. The van der Waals surface area contributed by atoms with E-state index in [0.29, 0.717) is 19.8 Å². The summed E-state index contributed by atoms with van der Waals surface area (Å²) in [5.41, 5.74) is 3.14. The summed E-state index contributed by atoms with van der Waals surface area (Å²) in [6, 6.07) is 6.11. The summed E-state index contributed by atoms with van der Waals surface area (Å²) < 4.78 is 12.2. The Bertz CT molecular complexity index is 545. The second-order valence-corrected chi connectivity index (χ2v) is 8.23. The molecule has 1 rings (SSSR count). The first-order valence-corrected chi connectivity index (χ1v) is 12.3. The van der Waals surface area contributed by atoms with Crippen molar-refractivity contribution < 1.29 is 14.3 Å². The third-order valence-corrected chi connectivity index (χ3v) is 5.54. The highest BCUT2D eigenvalue weighted by atomic mass is 79.9. The monoisotopic (exact) mass is 469 g/mol. The van der Waals surface area contributed by atoms with E-state index >= 15 is 0 Å². The van der Waals surface area contributed by atoms with Gasteiger partial charge in [-0.2, -0.15) is 0 Å². The van der Waals surface area contributed by atoms with E-state index < -0.39 is 6.29 Å². The van der Waals surface area contributed by atoms with Crippen LogP contribution in [0.15, 0.2) is 18.2 Å². The van der Waals surface area contributed by atoms with Crippen LogP contribution < -0.4 is 4.90 Å². The first-order valence-electron chi connectivity index (χ1n) is 11.2. The van der Waals surface area contributed by atoms with Gasteiger partial charge in [0.15, 0.2) is 6.29 Å². The number of hydrogen-bond donors (Lipinski definition) is 0. The average molecular weight is 470 g/mol. The van der Waals surface area contributed by atoms with Crippen molar-refractivity contribution in [1.29, 1.82) is 0 Å². The summed E-state index contributed by atoms with van der Waals surface area (Å²) in [6.07, 6.45) is 8.85. The summed E-state index contributed by atoms with van der Waals surface area (Å²) in [5.74, 6) is 0.0246. The van der Waals surface area contributed by atoms with Crippen LogP contribution in [-0.2, 0) is 14.3 Å². The third kappa shape index (κ3) is 10.1. The van der Waals surface area contributed by atoms with Crippen LogP contribution in [0.2, 0.25) is 0 Å². The zero-order valence-electron chi connectivity index (χ0n) is 18.8. The number of carbonyl (C=O) groups excluding carboxylic acids is 1. The number of aryl methyl sites for hydroxylation is 2. The summed E-state index contributed by atoms with van der Waals surface area (Å²) in [4.78, 5) is 14.6. The molecule has 0 saturated heterocycles. The third-order valence-electron chi connectivity index (χ3n) is 5.06. The van der Waals surface area contributed by atoms with Crippen molar-refractivity contribution in [3.63, 3.8) is 0 Å². The number of ether oxygens (including phenoxy) is 2. The van der Waals surface area contributed by atoms with Crippen molar-refractivity contribution >= 4 is 27.5 Å². The highest BCUT2D eigenvalue weighted by Crippen LogP contribution is 2.26. The molecular weight excluding hydrogens is 430 g/mol. The van der Waals surface area contributed by atoms with Crippen LogP contribution >= 0.6 is 15.9 Å². The molecule has 4 nitrogen and oxygen atoms in total. The number of anilines is 1. The Kier molecular flexibility index (Phi) is 14.3. The second-order valence-electron chi connectivity index (χ2n) is 7.67. The number of benzene rings is 1. The number of nitrogens with zero attached hydrogens (tertiary/aromatic N) is 1. The predicted molar refractivity (Wildman–Crippen MR) is 126 cm³/mol. The summed E-state index contributed by atoms with van der Waals surface area (Å²) >= 11 is 3.34. The average Bonchev–Trinajstić information content (AvgIpc) is 2.71. The van der Waals surface area contributed by atoms with Crippen LogP contribution in [0.5, 0.6) is 0 Å². The van der Waals surface area contributed by atoms with E-state index in [2.05, 4.69) is 29.8 Å². The molecule has 1 aromatic rings. The second kappa shape index (κ2) is 15.9. The van der Waals surface area contributed by atoms with Gasteiger partial charge >= 0.3 is 0 Å². The van der Waals surface area contributed by atoms with E-state index in [-0.39, 0.29) is 11.2 Å². The number of amides is 1. The summed E-state index contributed by atoms with van der Waals surface area (Å²) in [6.45, 7) is 10.3. The number of hydrogen-bond acceptors (Lipinski definition) is 3. The van der Waals surface area contributed by atoms with Crippen LogP contribution in [0.3, 0.4) is 0 Å². The van der Waals surface area contributed by atoms with Crippen LogP contribution in [0.25, 0.3) is 0 Å². The topological polar surface area (TPSA) is 38.8 Å². The fraction of sp³-hybridized carbons (Fsp3) is 0.708. The Morgan fingerprint density at radius 1 is 0.931 bits per heavy atom. The van der Waals surface area contributed by atoms with Gasteiger partial charge in [-0.3, -0.25) is 4.79 Å². The molecule has 0 unspecified atom stereocenters. The molecule has 0 atom stereocenters. The predicted octanol–water partition coefficient (Wildman–Crippen LogP) is 6.55. The van der Waals surface area contributed by atoms with Gasteiger partial charge in [-0.1, -0.05) is 86.5 Å². The number of carbonyl (C=O) groups is 1. The van der Waals surface area contributed by atoms with Crippen LogP contribution in [0.4, 0.5) is 5.69 Å². The molecule has 29 heavy (non-hydrogen) atoms. The molecular formula is C24H40BrNO3. The van der Waals surface area contributed by atoms with E-state index in [1.807, 2.05) is 36.9 Å². The Morgan fingerprint density at radius 2 is 1.45 bits per heavy atom. The SMILES string of the molecule is CCCCCCOC(CN(C(=O)CBr)c1c(C)cccc1C)OCCCCCC. The van der Waals surface area contributed by atoms with Gasteiger partial charge in [0.1, 0.15) is 0 Å². The molecule has 0 heterocycles. The minimum Gasteiger partial charge on any atom is -0.351 e. The minimum absolute atomic E-state index is 0.0246. The molecule has 166 valence electrons. The van der Waals surface area contributed by atoms with Gasteiger partial charge in [-0.05, 0) is 37.8 Å². The van der Waals surface area contributed by atoms with Crippen LogP contribution in [0.1, 0.15) is 76.3 Å². The lowest BCUT2D eigenvalue weighted by Crippen LogP contribution is -2.41. The molecule has 0 saturated carbocycles. The lowest BCUT2D eigenvalue weighted by molar-refractivity contribution is -0.141. The smallest absolute Gasteiger partial charge is 0.237 e. The van der Waals surface area contributed by atoms with Gasteiger partial charge in [-0.15, -0.1) is 0 Å². The van der Waals surface area contributed by atoms with Gasteiger partial charge in [0, 0.05) is 18.9 Å². The quantitative estimate of drug-likeness (QED) is 0.156. The number of halogens is 1.